The third-order valence-corrected chi connectivity index (χ3v) is 7.66. The summed E-state index contributed by atoms with van der Waals surface area (Å²) < 4.78 is 5.62. The van der Waals surface area contributed by atoms with Crippen LogP contribution in [-0.2, 0) is 17.6 Å². The standard InChI is InChI=1S/C24H29N5O2S/c1-6-14-10-17(18(31-5)11-16(14)25-3)29-21-20-15-8-9-24(7-2,23(30)26-4)12-19(15)32-22(20)28-13-27-21/h6,10-11,13,25H,1,7-9,12H2,2-5H3,(H,26,30)(H,27,28,29). The van der Waals surface area contributed by atoms with Crippen LogP contribution in [-0.4, -0.2) is 37.1 Å². The lowest BCUT2D eigenvalue weighted by molar-refractivity contribution is -0.131. The molecule has 0 radical (unpaired) electrons. The van der Waals surface area contributed by atoms with Gasteiger partial charge in [0.1, 0.15) is 22.7 Å². The van der Waals surface area contributed by atoms with Crippen molar-refractivity contribution in [3.63, 3.8) is 0 Å². The molecule has 3 aromatic rings. The summed E-state index contributed by atoms with van der Waals surface area (Å²) in [6, 6.07) is 3.94. The number of ether oxygens (including phenoxy) is 1. The Morgan fingerprint density at radius 3 is 2.78 bits per heavy atom. The molecule has 1 atom stereocenters. The smallest absolute Gasteiger partial charge is 0.226 e. The van der Waals surface area contributed by atoms with Gasteiger partial charge in [-0.2, -0.15) is 0 Å². The van der Waals surface area contributed by atoms with Crippen LogP contribution in [0.25, 0.3) is 16.3 Å². The van der Waals surface area contributed by atoms with Gasteiger partial charge in [0.05, 0.1) is 23.6 Å². The number of carbonyl (C=O) groups is 1. The number of carbonyl (C=O) groups excluding carboxylic acids is 1. The Morgan fingerprint density at radius 1 is 1.31 bits per heavy atom. The molecule has 1 unspecified atom stereocenters. The lowest BCUT2D eigenvalue weighted by atomic mass is 9.71. The normalized spacial score (nSPS) is 17.5. The first-order valence-corrected chi connectivity index (χ1v) is 11.6. The van der Waals surface area contributed by atoms with E-state index in [4.69, 9.17) is 4.74 Å². The van der Waals surface area contributed by atoms with Crippen LogP contribution in [0.5, 0.6) is 5.75 Å². The van der Waals surface area contributed by atoms with Gasteiger partial charge in [0.25, 0.3) is 0 Å². The Hall–Kier alpha value is -3.13. The monoisotopic (exact) mass is 451 g/mol. The van der Waals surface area contributed by atoms with Gasteiger partial charge in [-0.1, -0.05) is 19.6 Å². The van der Waals surface area contributed by atoms with E-state index in [9.17, 15) is 4.79 Å². The topological polar surface area (TPSA) is 88.2 Å². The molecule has 0 aliphatic heterocycles. The van der Waals surface area contributed by atoms with Gasteiger partial charge in [-0.25, -0.2) is 9.97 Å². The van der Waals surface area contributed by atoms with Crippen molar-refractivity contribution in [1.82, 2.24) is 15.3 Å². The SMILES string of the molecule is C=Cc1cc(Nc2ncnc3sc4c(c23)CCC(CC)(C(=O)NC)C4)c(OC)cc1NC. The van der Waals surface area contributed by atoms with Crippen molar-refractivity contribution in [3.8, 4) is 5.75 Å². The van der Waals surface area contributed by atoms with E-state index in [-0.39, 0.29) is 11.3 Å². The number of nitrogens with one attached hydrogen (secondary N) is 3. The summed E-state index contributed by atoms with van der Waals surface area (Å²) in [5.74, 6) is 1.58. The largest absolute Gasteiger partial charge is 0.494 e. The van der Waals surface area contributed by atoms with E-state index < -0.39 is 0 Å². The molecule has 1 amide bonds. The van der Waals surface area contributed by atoms with Crippen LogP contribution in [0.1, 0.15) is 35.8 Å². The van der Waals surface area contributed by atoms with E-state index in [1.165, 1.54) is 10.4 Å². The van der Waals surface area contributed by atoms with Gasteiger partial charge in [-0.15, -0.1) is 11.3 Å². The lowest BCUT2D eigenvalue weighted by Gasteiger charge is -2.34. The second kappa shape index (κ2) is 8.78. The van der Waals surface area contributed by atoms with Crippen LogP contribution in [0.4, 0.5) is 17.2 Å². The van der Waals surface area contributed by atoms with E-state index in [2.05, 4.69) is 39.4 Å². The van der Waals surface area contributed by atoms with Gasteiger partial charge in [-0.05, 0) is 42.9 Å². The van der Waals surface area contributed by atoms with Gasteiger partial charge in [0.15, 0.2) is 0 Å². The van der Waals surface area contributed by atoms with Crippen LogP contribution in [0.2, 0.25) is 0 Å². The first kappa shape index (κ1) is 22.1. The van der Waals surface area contributed by atoms with E-state index in [0.717, 1.165) is 58.7 Å². The highest BCUT2D eigenvalue weighted by Gasteiger charge is 2.41. The quantitative estimate of drug-likeness (QED) is 0.480. The van der Waals surface area contributed by atoms with Crippen LogP contribution in [0.3, 0.4) is 0 Å². The van der Waals surface area contributed by atoms with E-state index >= 15 is 0 Å². The summed E-state index contributed by atoms with van der Waals surface area (Å²) in [6.07, 6.45) is 6.59. The van der Waals surface area contributed by atoms with Crippen molar-refractivity contribution in [2.75, 3.05) is 31.8 Å². The maximum Gasteiger partial charge on any atom is 0.226 e. The van der Waals surface area contributed by atoms with Gasteiger partial charge in [-0.3, -0.25) is 4.79 Å². The fourth-order valence-corrected chi connectivity index (χ4v) is 5.93. The predicted molar refractivity (Wildman–Crippen MR) is 132 cm³/mol. The van der Waals surface area contributed by atoms with Crippen molar-refractivity contribution in [2.45, 2.75) is 32.6 Å². The minimum Gasteiger partial charge on any atom is -0.494 e. The number of aryl methyl sites for hydroxylation is 1. The van der Waals surface area contributed by atoms with Crippen molar-refractivity contribution in [1.29, 1.82) is 0 Å². The molecule has 0 saturated heterocycles. The third kappa shape index (κ3) is 3.58. The summed E-state index contributed by atoms with van der Waals surface area (Å²) in [5, 5.41) is 10.5. The average molecular weight is 452 g/mol. The molecular weight excluding hydrogens is 422 g/mol. The van der Waals surface area contributed by atoms with Crippen molar-refractivity contribution >= 4 is 50.7 Å². The van der Waals surface area contributed by atoms with Crippen LogP contribution >= 0.6 is 11.3 Å². The number of aromatic nitrogens is 2. The summed E-state index contributed by atoms with van der Waals surface area (Å²) in [6.45, 7) is 6.02. The van der Waals surface area contributed by atoms with Gasteiger partial charge < -0.3 is 20.7 Å². The molecule has 0 saturated carbocycles. The maximum absolute atomic E-state index is 12.7. The molecule has 168 valence electrons. The average Bonchev–Trinajstić information content (AvgIpc) is 3.21. The van der Waals surface area contributed by atoms with Crippen molar-refractivity contribution in [2.24, 2.45) is 5.41 Å². The highest BCUT2D eigenvalue weighted by Crippen LogP contribution is 2.46. The molecule has 7 nitrogen and oxygen atoms in total. The number of thiophene rings is 1. The summed E-state index contributed by atoms with van der Waals surface area (Å²) in [5.41, 5.74) is 3.61. The Morgan fingerprint density at radius 2 is 2.12 bits per heavy atom. The fraction of sp³-hybridized carbons (Fsp3) is 0.375. The molecule has 1 aliphatic carbocycles. The number of fused-ring (bicyclic) bond motifs is 3. The molecule has 2 aromatic heterocycles. The first-order valence-electron chi connectivity index (χ1n) is 10.8. The molecule has 0 bridgehead atoms. The second-order valence-electron chi connectivity index (χ2n) is 8.01. The zero-order valence-electron chi connectivity index (χ0n) is 19.0. The zero-order valence-corrected chi connectivity index (χ0v) is 19.8. The Bertz CT molecular complexity index is 1190. The third-order valence-electron chi connectivity index (χ3n) is 6.52. The maximum atomic E-state index is 12.7. The molecule has 8 heteroatoms. The summed E-state index contributed by atoms with van der Waals surface area (Å²) in [7, 11) is 5.24. The molecule has 3 N–H and O–H groups in total. The molecule has 1 aliphatic rings. The highest BCUT2D eigenvalue weighted by molar-refractivity contribution is 7.19. The number of anilines is 3. The van der Waals surface area contributed by atoms with Gasteiger partial charge in [0.2, 0.25) is 5.91 Å². The number of methoxy groups -OCH3 is 1. The molecule has 2 heterocycles. The number of benzene rings is 1. The second-order valence-corrected chi connectivity index (χ2v) is 9.10. The molecule has 0 fully saturated rings. The first-order chi connectivity index (χ1) is 15.5. The molecular formula is C24H29N5O2S. The number of rotatable bonds is 7. The summed E-state index contributed by atoms with van der Waals surface area (Å²) >= 11 is 1.67. The number of hydrogen-bond acceptors (Lipinski definition) is 7. The minimum atomic E-state index is -0.352. The number of hydrogen-bond donors (Lipinski definition) is 3. The van der Waals surface area contributed by atoms with Crippen LogP contribution in [0.15, 0.2) is 25.0 Å². The van der Waals surface area contributed by atoms with E-state index in [1.807, 2.05) is 25.3 Å². The molecule has 4 rings (SSSR count). The van der Waals surface area contributed by atoms with E-state index in [1.54, 1.807) is 31.8 Å². The van der Waals surface area contributed by atoms with Crippen LogP contribution < -0.4 is 20.7 Å². The van der Waals surface area contributed by atoms with Crippen molar-refractivity contribution in [3.05, 3.63) is 41.0 Å². The van der Waals surface area contributed by atoms with Crippen LogP contribution in [0, 0.1) is 5.41 Å². The summed E-state index contributed by atoms with van der Waals surface area (Å²) in [4.78, 5) is 23.9. The minimum absolute atomic E-state index is 0.124. The lowest BCUT2D eigenvalue weighted by Crippen LogP contribution is -2.42. The number of nitrogens with zero attached hydrogens (tertiary/aromatic N) is 2. The molecule has 32 heavy (non-hydrogen) atoms. The Kier molecular flexibility index (Phi) is 6.06. The predicted octanol–water partition coefficient (Wildman–Crippen LogP) is 4.76. The zero-order chi connectivity index (χ0) is 22.9. The van der Waals surface area contributed by atoms with Crippen molar-refractivity contribution < 1.29 is 9.53 Å². The van der Waals surface area contributed by atoms with Gasteiger partial charge >= 0.3 is 0 Å². The molecule has 1 aromatic carbocycles. The van der Waals surface area contributed by atoms with E-state index in [0.29, 0.717) is 5.75 Å². The highest BCUT2D eigenvalue weighted by atomic mass is 32.1. The Labute approximate surface area is 192 Å². The van der Waals surface area contributed by atoms with Gasteiger partial charge in [0, 0.05) is 30.7 Å². The fourth-order valence-electron chi connectivity index (χ4n) is 4.60. The Balaban J connectivity index is 1.78. The number of amides is 1. The molecule has 0 spiro atoms.